The molecule has 0 saturated heterocycles. The van der Waals surface area contributed by atoms with Crippen molar-refractivity contribution in [1.29, 1.82) is 5.26 Å². The van der Waals surface area contributed by atoms with Gasteiger partial charge in [0.2, 0.25) is 0 Å². The second kappa shape index (κ2) is 10.5. The Morgan fingerprint density at radius 1 is 0.812 bits per heavy atom. The first-order valence-corrected chi connectivity index (χ1v) is 11.3. The second-order valence-electron chi connectivity index (χ2n) is 7.93. The quantitative estimate of drug-likeness (QED) is 0.315. The van der Waals surface area contributed by atoms with Gasteiger partial charge in [-0.1, -0.05) is 62.1 Å². The Balaban J connectivity index is 1.56. The molecule has 0 atom stereocenters. The molecule has 4 aromatic rings. The molecule has 0 saturated carbocycles. The van der Waals surface area contributed by atoms with Gasteiger partial charge >= 0.3 is 0 Å². The van der Waals surface area contributed by atoms with E-state index in [2.05, 4.69) is 6.07 Å². The fourth-order valence-electron chi connectivity index (χ4n) is 3.96. The molecule has 0 aliphatic heterocycles. The molecule has 4 rings (SSSR count). The number of aryl methyl sites for hydroxylation is 1. The predicted molar refractivity (Wildman–Crippen MR) is 126 cm³/mol. The first kappa shape index (κ1) is 21.5. The van der Waals surface area contributed by atoms with E-state index in [9.17, 15) is 4.79 Å². The SMILES string of the molecule is N#CCCCCCCCCn1nc(-c2c(-c3ccccc3)nn3ccccc23)ccc1=O. The zero-order valence-corrected chi connectivity index (χ0v) is 18.2. The van der Waals surface area contributed by atoms with Gasteiger partial charge in [-0.15, -0.1) is 0 Å². The Bertz CT molecular complexity index is 1270. The van der Waals surface area contributed by atoms with Crippen LogP contribution >= 0.6 is 0 Å². The molecule has 162 valence electrons. The van der Waals surface area contributed by atoms with Gasteiger partial charge in [0.15, 0.2) is 0 Å². The monoisotopic (exact) mass is 425 g/mol. The van der Waals surface area contributed by atoms with Gasteiger partial charge in [0, 0.05) is 30.8 Å². The summed E-state index contributed by atoms with van der Waals surface area (Å²) in [6.07, 6.45) is 8.85. The number of fused-ring (bicyclic) bond motifs is 1. The third kappa shape index (κ3) is 4.94. The van der Waals surface area contributed by atoms with Gasteiger partial charge in [-0.2, -0.15) is 15.5 Å². The van der Waals surface area contributed by atoms with Crippen LogP contribution < -0.4 is 5.56 Å². The smallest absolute Gasteiger partial charge is 0.266 e. The van der Waals surface area contributed by atoms with E-state index in [4.69, 9.17) is 15.5 Å². The van der Waals surface area contributed by atoms with Gasteiger partial charge < -0.3 is 0 Å². The number of hydrogen-bond donors (Lipinski definition) is 0. The number of hydrogen-bond acceptors (Lipinski definition) is 4. The van der Waals surface area contributed by atoms with Crippen LogP contribution in [0.3, 0.4) is 0 Å². The summed E-state index contributed by atoms with van der Waals surface area (Å²) in [6, 6.07) is 21.6. The van der Waals surface area contributed by atoms with Gasteiger partial charge in [0.05, 0.1) is 22.8 Å². The van der Waals surface area contributed by atoms with Crippen LogP contribution in [-0.2, 0) is 6.54 Å². The van der Waals surface area contributed by atoms with Gasteiger partial charge in [-0.3, -0.25) is 4.79 Å². The normalized spacial score (nSPS) is 11.0. The Morgan fingerprint density at radius 3 is 2.38 bits per heavy atom. The summed E-state index contributed by atoms with van der Waals surface area (Å²) in [5, 5.41) is 18.1. The molecule has 0 spiro atoms. The largest absolute Gasteiger partial charge is 0.268 e. The van der Waals surface area contributed by atoms with Crippen molar-refractivity contribution in [1.82, 2.24) is 19.4 Å². The molecule has 0 fully saturated rings. The minimum Gasteiger partial charge on any atom is -0.268 e. The van der Waals surface area contributed by atoms with E-state index in [1.54, 1.807) is 16.8 Å². The minimum absolute atomic E-state index is 0.0829. The molecule has 0 N–H and O–H groups in total. The summed E-state index contributed by atoms with van der Waals surface area (Å²) < 4.78 is 3.44. The lowest BCUT2D eigenvalue weighted by Crippen LogP contribution is -2.22. The number of aromatic nitrogens is 4. The average Bonchev–Trinajstić information content (AvgIpc) is 3.22. The maximum Gasteiger partial charge on any atom is 0.266 e. The Hall–Kier alpha value is -3.72. The maximum atomic E-state index is 12.4. The Morgan fingerprint density at radius 2 is 1.56 bits per heavy atom. The van der Waals surface area contributed by atoms with Crippen molar-refractivity contribution in [3.63, 3.8) is 0 Å². The molecular formula is C26H27N5O. The van der Waals surface area contributed by atoms with E-state index in [1.807, 2.05) is 59.2 Å². The van der Waals surface area contributed by atoms with E-state index in [0.717, 1.165) is 66.6 Å². The molecule has 6 heteroatoms. The first-order chi connectivity index (χ1) is 15.8. The Labute approximate surface area is 187 Å². The van der Waals surface area contributed by atoms with Gasteiger partial charge in [-0.05, 0) is 31.0 Å². The van der Waals surface area contributed by atoms with Crippen LogP contribution in [0.5, 0.6) is 0 Å². The molecular weight excluding hydrogens is 398 g/mol. The van der Waals surface area contributed by atoms with Crippen LogP contribution in [0.2, 0.25) is 0 Å². The number of unbranched alkanes of at least 4 members (excludes halogenated alkanes) is 6. The molecule has 0 aliphatic carbocycles. The lowest BCUT2D eigenvalue weighted by Gasteiger charge is -2.08. The standard InChI is InChI=1S/C26H27N5O/c27-18-10-4-2-1-3-5-11-20-31-24(32)17-16-22(28-31)25-23-15-9-12-19-30(23)29-26(25)21-13-7-6-8-14-21/h6-9,12-17,19H,1-5,10-11,20H2. The van der Waals surface area contributed by atoms with E-state index >= 15 is 0 Å². The minimum atomic E-state index is -0.0829. The zero-order chi connectivity index (χ0) is 22.2. The summed E-state index contributed by atoms with van der Waals surface area (Å²) >= 11 is 0. The van der Waals surface area contributed by atoms with Crippen LogP contribution in [0.15, 0.2) is 71.7 Å². The van der Waals surface area contributed by atoms with Gasteiger partial charge in [0.1, 0.15) is 5.69 Å². The number of benzene rings is 1. The van der Waals surface area contributed by atoms with E-state index in [0.29, 0.717) is 13.0 Å². The summed E-state index contributed by atoms with van der Waals surface area (Å²) in [7, 11) is 0. The third-order valence-corrected chi connectivity index (χ3v) is 5.62. The van der Waals surface area contributed by atoms with Crippen molar-refractivity contribution in [2.75, 3.05) is 0 Å². The first-order valence-electron chi connectivity index (χ1n) is 11.3. The van der Waals surface area contributed by atoms with Crippen molar-refractivity contribution in [3.8, 4) is 28.6 Å². The van der Waals surface area contributed by atoms with Crippen molar-refractivity contribution in [3.05, 3.63) is 77.2 Å². The van der Waals surface area contributed by atoms with Crippen molar-refractivity contribution in [2.45, 2.75) is 51.5 Å². The van der Waals surface area contributed by atoms with Gasteiger partial charge in [0.25, 0.3) is 5.56 Å². The summed E-state index contributed by atoms with van der Waals surface area (Å²) in [5.74, 6) is 0. The van der Waals surface area contributed by atoms with Crippen molar-refractivity contribution >= 4 is 5.52 Å². The van der Waals surface area contributed by atoms with Crippen molar-refractivity contribution < 1.29 is 0 Å². The highest BCUT2D eigenvalue weighted by molar-refractivity contribution is 5.90. The maximum absolute atomic E-state index is 12.4. The molecule has 3 aromatic heterocycles. The lowest BCUT2D eigenvalue weighted by molar-refractivity contribution is 0.509. The highest BCUT2D eigenvalue weighted by Gasteiger charge is 2.18. The lowest BCUT2D eigenvalue weighted by atomic mass is 10.0. The molecule has 0 bridgehead atoms. The van der Waals surface area contributed by atoms with E-state index < -0.39 is 0 Å². The molecule has 0 aliphatic rings. The number of rotatable bonds is 10. The summed E-state index contributed by atoms with van der Waals surface area (Å²) in [5.41, 5.74) is 4.43. The second-order valence-corrected chi connectivity index (χ2v) is 7.93. The average molecular weight is 426 g/mol. The van der Waals surface area contributed by atoms with Crippen LogP contribution in [0.25, 0.3) is 28.0 Å². The number of nitrogens with zero attached hydrogens (tertiary/aromatic N) is 5. The van der Waals surface area contributed by atoms with E-state index in [1.165, 1.54) is 0 Å². The number of nitriles is 1. The third-order valence-electron chi connectivity index (χ3n) is 5.62. The highest BCUT2D eigenvalue weighted by atomic mass is 16.1. The molecule has 0 radical (unpaired) electrons. The summed E-state index contributed by atoms with van der Waals surface area (Å²) in [6.45, 7) is 0.602. The summed E-state index contributed by atoms with van der Waals surface area (Å²) in [4.78, 5) is 12.4. The molecule has 0 amide bonds. The van der Waals surface area contributed by atoms with Crippen LogP contribution in [0.1, 0.15) is 44.9 Å². The molecule has 6 nitrogen and oxygen atoms in total. The molecule has 0 unspecified atom stereocenters. The van der Waals surface area contributed by atoms with Crippen molar-refractivity contribution in [2.24, 2.45) is 0 Å². The zero-order valence-electron chi connectivity index (χ0n) is 18.2. The van der Waals surface area contributed by atoms with Gasteiger partial charge in [-0.25, -0.2) is 9.20 Å². The van der Waals surface area contributed by atoms with E-state index in [-0.39, 0.29) is 5.56 Å². The fraction of sp³-hybridized carbons (Fsp3) is 0.308. The highest BCUT2D eigenvalue weighted by Crippen LogP contribution is 2.33. The van der Waals surface area contributed by atoms with Crippen LogP contribution in [-0.4, -0.2) is 19.4 Å². The molecule has 3 heterocycles. The molecule has 1 aromatic carbocycles. The van der Waals surface area contributed by atoms with Crippen LogP contribution in [0.4, 0.5) is 0 Å². The topological polar surface area (TPSA) is 76.0 Å². The molecule has 32 heavy (non-hydrogen) atoms. The predicted octanol–water partition coefficient (Wildman–Crippen LogP) is 5.48. The van der Waals surface area contributed by atoms with Crippen LogP contribution in [0, 0.1) is 11.3 Å². The fourth-order valence-corrected chi connectivity index (χ4v) is 3.96. The Kier molecular flexibility index (Phi) is 7.08. The number of pyridine rings is 1.